The van der Waals surface area contributed by atoms with Crippen LogP contribution in [0.3, 0.4) is 0 Å². The summed E-state index contributed by atoms with van der Waals surface area (Å²) in [6, 6.07) is 11.5. The molecule has 2 heterocycles. The molecule has 0 saturated heterocycles. The van der Waals surface area contributed by atoms with E-state index in [9.17, 15) is 4.79 Å². The molecule has 0 saturated carbocycles. The highest BCUT2D eigenvalue weighted by Crippen LogP contribution is 2.33. The molecule has 0 aliphatic carbocycles. The summed E-state index contributed by atoms with van der Waals surface area (Å²) in [5.41, 5.74) is 4.00. The molecular weight excluding hydrogens is 342 g/mol. The number of hydrogen-bond acceptors (Lipinski definition) is 6. The van der Waals surface area contributed by atoms with Gasteiger partial charge in [0.15, 0.2) is 0 Å². The molecule has 3 rings (SSSR count). The summed E-state index contributed by atoms with van der Waals surface area (Å²) >= 11 is 0. The van der Waals surface area contributed by atoms with Crippen LogP contribution in [0.2, 0.25) is 0 Å². The van der Waals surface area contributed by atoms with Crippen molar-refractivity contribution >= 4 is 22.6 Å². The zero-order valence-electron chi connectivity index (χ0n) is 16.2. The van der Waals surface area contributed by atoms with E-state index in [1.54, 1.807) is 19.4 Å². The number of rotatable bonds is 5. The summed E-state index contributed by atoms with van der Waals surface area (Å²) in [6.45, 7) is 4.23. The first kappa shape index (κ1) is 18.6. The van der Waals surface area contributed by atoms with Gasteiger partial charge in [-0.1, -0.05) is 0 Å². The molecule has 0 amide bonds. The number of pyridine rings is 2. The third-order valence-corrected chi connectivity index (χ3v) is 4.59. The summed E-state index contributed by atoms with van der Waals surface area (Å²) < 4.78 is 9.98. The summed E-state index contributed by atoms with van der Waals surface area (Å²) in [5, 5.41) is 0.880. The van der Waals surface area contributed by atoms with Crippen molar-refractivity contribution in [2.75, 3.05) is 26.2 Å². The molecule has 2 aromatic heterocycles. The predicted molar refractivity (Wildman–Crippen MR) is 106 cm³/mol. The van der Waals surface area contributed by atoms with Gasteiger partial charge in [0.1, 0.15) is 0 Å². The summed E-state index contributed by atoms with van der Waals surface area (Å²) in [4.78, 5) is 23.2. The van der Waals surface area contributed by atoms with Crippen LogP contribution in [0.4, 0.5) is 5.69 Å². The van der Waals surface area contributed by atoms with Gasteiger partial charge in [0.25, 0.3) is 0 Å². The quantitative estimate of drug-likeness (QED) is 0.638. The molecule has 27 heavy (non-hydrogen) atoms. The topological polar surface area (TPSA) is 64.5 Å². The van der Waals surface area contributed by atoms with E-state index in [4.69, 9.17) is 14.5 Å². The number of hydrogen-bond donors (Lipinski definition) is 0. The Balaban J connectivity index is 2.20. The van der Waals surface area contributed by atoms with Crippen molar-refractivity contribution in [3.8, 4) is 17.1 Å². The van der Waals surface area contributed by atoms with Gasteiger partial charge >= 0.3 is 5.97 Å². The maximum absolute atomic E-state index is 11.9. The van der Waals surface area contributed by atoms with Crippen molar-refractivity contribution in [1.29, 1.82) is 0 Å². The van der Waals surface area contributed by atoms with E-state index < -0.39 is 0 Å². The third kappa shape index (κ3) is 3.69. The van der Waals surface area contributed by atoms with Gasteiger partial charge in [-0.3, -0.25) is 0 Å². The number of carbonyl (C=O) groups excluding carboxylic acids is 1. The highest BCUT2D eigenvalue weighted by molar-refractivity contribution is 5.96. The maximum atomic E-state index is 11.9. The van der Waals surface area contributed by atoms with E-state index in [1.165, 1.54) is 7.11 Å². The fraction of sp³-hybridized carbons (Fsp3) is 0.286. The average Bonchev–Trinajstić information content (AvgIpc) is 2.71. The first-order valence-electron chi connectivity index (χ1n) is 8.71. The van der Waals surface area contributed by atoms with Crippen LogP contribution in [0.15, 0.2) is 42.6 Å². The van der Waals surface area contributed by atoms with Crippen LogP contribution in [0.25, 0.3) is 22.2 Å². The number of carbonyl (C=O) groups is 1. The minimum Gasteiger partial charge on any atom is -0.481 e. The molecule has 3 aromatic rings. The second-order valence-corrected chi connectivity index (χ2v) is 6.55. The van der Waals surface area contributed by atoms with Crippen molar-refractivity contribution in [2.24, 2.45) is 0 Å². The Hall–Kier alpha value is -3.15. The van der Waals surface area contributed by atoms with Gasteiger partial charge in [-0.15, -0.1) is 0 Å². The largest absolute Gasteiger partial charge is 0.481 e. The lowest BCUT2D eigenvalue weighted by atomic mass is 10.1. The molecule has 140 valence electrons. The number of nitrogens with zero attached hydrogens (tertiary/aromatic N) is 3. The number of benzene rings is 1. The van der Waals surface area contributed by atoms with Crippen molar-refractivity contribution in [1.82, 2.24) is 9.97 Å². The van der Waals surface area contributed by atoms with Gasteiger partial charge in [-0.25, -0.2) is 14.8 Å². The number of fused-ring (bicyclic) bond motifs is 1. The Labute approximate surface area is 158 Å². The van der Waals surface area contributed by atoms with Gasteiger partial charge in [-0.05, 0) is 44.2 Å². The molecule has 0 aliphatic rings. The van der Waals surface area contributed by atoms with E-state index in [0.717, 1.165) is 27.8 Å². The second-order valence-electron chi connectivity index (χ2n) is 6.55. The lowest BCUT2D eigenvalue weighted by molar-refractivity contribution is 0.0601. The van der Waals surface area contributed by atoms with Crippen LogP contribution in [0.1, 0.15) is 24.2 Å². The molecule has 0 N–H and O–H groups in total. The van der Waals surface area contributed by atoms with E-state index in [1.807, 2.05) is 37.4 Å². The number of anilines is 1. The molecule has 0 radical (unpaired) electrons. The summed E-state index contributed by atoms with van der Waals surface area (Å²) in [7, 11) is 4.99. The summed E-state index contributed by atoms with van der Waals surface area (Å²) in [6.07, 6.45) is 1.76. The maximum Gasteiger partial charge on any atom is 0.337 e. The number of ether oxygens (including phenoxy) is 2. The lowest BCUT2D eigenvalue weighted by Crippen LogP contribution is -2.26. The van der Waals surface area contributed by atoms with Crippen LogP contribution in [-0.4, -0.2) is 43.2 Å². The van der Waals surface area contributed by atoms with Crippen molar-refractivity contribution in [3.05, 3.63) is 48.2 Å². The first-order valence-corrected chi connectivity index (χ1v) is 8.71. The van der Waals surface area contributed by atoms with Crippen LogP contribution in [0.5, 0.6) is 5.88 Å². The monoisotopic (exact) mass is 365 g/mol. The Bertz CT molecular complexity index is 968. The van der Waals surface area contributed by atoms with Crippen LogP contribution in [-0.2, 0) is 4.74 Å². The fourth-order valence-electron chi connectivity index (χ4n) is 2.81. The molecule has 0 atom stereocenters. The van der Waals surface area contributed by atoms with E-state index in [2.05, 4.69) is 23.7 Å². The van der Waals surface area contributed by atoms with Crippen molar-refractivity contribution < 1.29 is 14.3 Å². The molecule has 1 aromatic carbocycles. The van der Waals surface area contributed by atoms with Crippen molar-refractivity contribution in [3.63, 3.8) is 0 Å². The fourth-order valence-corrected chi connectivity index (χ4v) is 2.81. The van der Waals surface area contributed by atoms with Crippen LogP contribution in [0, 0.1) is 0 Å². The Morgan fingerprint density at radius 1 is 1.11 bits per heavy atom. The molecule has 0 bridgehead atoms. The smallest absolute Gasteiger partial charge is 0.337 e. The molecule has 0 spiro atoms. The molecule has 6 heteroatoms. The third-order valence-electron chi connectivity index (χ3n) is 4.59. The highest BCUT2D eigenvalue weighted by Gasteiger charge is 2.16. The SMILES string of the molecule is COC(=O)c1ccc2nc(-c3ccc(OC)nc3)c(N(C)C(C)C)cc2c1. The highest BCUT2D eigenvalue weighted by atomic mass is 16.5. The predicted octanol–water partition coefficient (Wildman–Crippen LogP) is 3.94. The minimum atomic E-state index is -0.362. The van der Waals surface area contributed by atoms with E-state index in [0.29, 0.717) is 11.4 Å². The van der Waals surface area contributed by atoms with E-state index >= 15 is 0 Å². The van der Waals surface area contributed by atoms with Crippen molar-refractivity contribution in [2.45, 2.75) is 19.9 Å². The molecular formula is C21H23N3O3. The van der Waals surface area contributed by atoms with Crippen LogP contribution >= 0.6 is 0 Å². The first-order chi connectivity index (χ1) is 12.9. The zero-order chi connectivity index (χ0) is 19.6. The molecule has 6 nitrogen and oxygen atoms in total. The van der Waals surface area contributed by atoms with Gasteiger partial charge in [0, 0.05) is 36.3 Å². The Kier molecular flexibility index (Phi) is 5.26. The molecule has 0 aliphatic heterocycles. The summed E-state index contributed by atoms with van der Waals surface area (Å²) in [5.74, 6) is 0.195. The van der Waals surface area contributed by atoms with Gasteiger partial charge in [0.2, 0.25) is 5.88 Å². The number of aromatic nitrogens is 2. The van der Waals surface area contributed by atoms with Gasteiger partial charge < -0.3 is 14.4 Å². The Morgan fingerprint density at radius 3 is 2.48 bits per heavy atom. The average molecular weight is 365 g/mol. The Morgan fingerprint density at radius 2 is 1.89 bits per heavy atom. The van der Waals surface area contributed by atoms with Gasteiger partial charge in [-0.2, -0.15) is 0 Å². The van der Waals surface area contributed by atoms with Crippen LogP contribution < -0.4 is 9.64 Å². The number of esters is 1. The molecule has 0 fully saturated rings. The van der Waals surface area contributed by atoms with E-state index in [-0.39, 0.29) is 12.0 Å². The standard InChI is InChI=1S/C21H23N3O3/c1-13(2)24(3)18-11-16-10-14(21(25)27-5)6-8-17(16)23-20(18)15-7-9-19(26-4)22-12-15/h6-13H,1-5H3. The van der Waals surface area contributed by atoms with Gasteiger partial charge in [0.05, 0.1) is 36.7 Å². The molecule has 0 unspecified atom stereocenters. The normalized spacial score (nSPS) is 10.9. The second kappa shape index (κ2) is 7.61. The lowest BCUT2D eigenvalue weighted by Gasteiger charge is -2.26. The minimum absolute atomic E-state index is 0.276. The number of methoxy groups -OCH3 is 2. The zero-order valence-corrected chi connectivity index (χ0v) is 16.2.